The fraction of sp³-hybridized carbons (Fsp3) is 0.586. The maximum Gasteiger partial charge on any atom is 0.0361 e. The lowest BCUT2D eigenvalue weighted by atomic mass is 9.70. The minimum Gasteiger partial charge on any atom is -0.398 e. The van der Waals surface area contributed by atoms with Crippen molar-refractivity contribution in [1.82, 2.24) is 0 Å². The molecular weight excluding hydrogens is 362 g/mol. The van der Waals surface area contributed by atoms with Crippen LogP contribution in [0.4, 0.5) is 5.69 Å². The maximum absolute atomic E-state index is 6.67. The molecule has 3 rings (SSSR count). The predicted octanol–water partition coefficient (Wildman–Crippen LogP) is 9.04. The second-order valence-corrected chi connectivity index (χ2v) is 9.43. The van der Waals surface area contributed by atoms with E-state index in [4.69, 9.17) is 5.73 Å². The summed E-state index contributed by atoms with van der Waals surface area (Å²) in [7, 11) is 0. The van der Waals surface area contributed by atoms with E-state index in [-0.39, 0.29) is 5.41 Å². The van der Waals surface area contributed by atoms with Crippen LogP contribution in [0.3, 0.4) is 0 Å². The number of hydrogen-bond acceptors (Lipinski definition) is 1. The number of nitrogens with two attached hydrogens (primary N) is 1. The van der Waals surface area contributed by atoms with E-state index in [0.29, 0.717) is 0 Å². The third-order valence-electron chi connectivity index (χ3n) is 7.22. The average Bonchev–Trinajstić information content (AvgIpc) is 3.05. The molecule has 0 unspecified atom stereocenters. The molecule has 1 aliphatic rings. The van der Waals surface area contributed by atoms with E-state index < -0.39 is 0 Å². The molecule has 0 fully saturated rings. The van der Waals surface area contributed by atoms with Crippen molar-refractivity contribution in [2.45, 2.75) is 109 Å². The number of benzene rings is 2. The van der Waals surface area contributed by atoms with Crippen LogP contribution in [-0.4, -0.2) is 0 Å². The van der Waals surface area contributed by atoms with Crippen LogP contribution in [0.15, 0.2) is 42.5 Å². The van der Waals surface area contributed by atoms with Gasteiger partial charge in [-0.05, 0) is 41.2 Å². The molecule has 0 saturated carbocycles. The molecular formula is C29H43N. The SMILES string of the molecule is CCCCCCCCC1(CCCCCCCC)c2ccccc2-c2cccc(N)c21. The highest BCUT2D eigenvalue weighted by Crippen LogP contribution is 2.55. The van der Waals surface area contributed by atoms with Crippen LogP contribution < -0.4 is 5.73 Å². The lowest BCUT2D eigenvalue weighted by Gasteiger charge is -2.33. The molecule has 0 amide bonds. The van der Waals surface area contributed by atoms with Crippen molar-refractivity contribution in [3.8, 4) is 11.1 Å². The lowest BCUT2D eigenvalue weighted by molar-refractivity contribution is 0.399. The fourth-order valence-electron chi connectivity index (χ4n) is 5.66. The van der Waals surface area contributed by atoms with Gasteiger partial charge in [-0.15, -0.1) is 0 Å². The van der Waals surface area contributed by atoms with Gasteiger partial charge in [-0.3, -0.25) is 0 Å². The standard InChI is InChI=1S/C29H43N/c1-3-5-7-9-11-15-22-29(23-16-12-10-8-6-4-2)26-20-14-13-18-24(26)25-19-17-21-27(30)28(25)29/h13-14,17-21H,3-12,15-16,22-23,30H2,1-2H3. The topological polar surface area (TPSA) is 26.0 Å². The van der Waals surface area contributed by atoms with Crippen LogP contribution in [0.5, 0.6) is 0 Å². The summed E-state index contributed by atoms with van der Waals surface area (Å²) in [4.78, 5) is 0. The second-order valence-electron chi connectivity index (χ2n) is 9.43. The quantitative estimate of drug-likeness (QED) is 0.246. The number of unbranched alkanes of at least 4 members (excludes halogenated alkanes) is 10. The van der Waals surface area contributed by atoms with E-state index >= 15 is 0 Å². The zero-order valence-corrected chi connectivity index (χ0v) is 19.5. The molecule has 30 heavy (non-hydrogen) atoms. The molecule has 2 aromatic rings. The first-order chi connectivity index (χ1) is 14.7. The van der Waals surface area contributed by atoms with Crippen LogP contribution in [0.25, 0.3) is 11.1 Å². The molecule has 1 heteroatoms. The predicted molar refractivity (Wildman–Crippen MR) is 133 cm³/mol. The van der Waals surface area contributed by atoms with Crippen molar-refractivity contribution < 1.29 is 0 Å². The molecule has 2 aromatic carbocycles. The Morgan fingerprint density at radius 1 is 0.600 bits per heavy atom. The Morgan fingerprint density at radius 2 is 1.13 bits per heavy atom. The zero-order valence-electron chi connectivity index (χ0n) is 19.5. The second kappa shape index (κ2) is 11.6. The number of anilines is 1. The molecule has 0 saturated heterocycles. The van der Waals surface area contributed by atoms with Gasteiger partial charge in [0.15, 0.2) is 0 Å². The third kappa shape index (κ3) is 5.10. The molecule has 0 spiro atoms. The number of rotatable bonds is 14. The molecule has 0 aliphatic heterocycles. The van der Waals surface area contributed by atoms with Gasteiger partial charge in [-0.25, -0.2) is 0 Å². The Kier molecular flexibility index (Phi) is 8.85. The number of nitrogen functional groups attached to an aromatic ring is 1. The van der Waals surface area contributed by atoms with Crippen LogP contribution in [0, 0.1) is 0 Å². The smallest absolute Gasteiger partial charge is 0.0361 e. The molecule has 0 bridgehead atoms. The molecule has 1 aliphatic carbocycles. The molecule has 0 aromatic heterocycles. The minimum atomic E-state index is 0.118. The summed E-state index contributed by atoms with van der Waals surface area (Å²) < 4.78 is 0. The summed E-state index contributed by atoms with van der Waals surface area (Å²) >= 11 is 0. The van der Waals surface area contributed by atoms with E-state index in [1.54, 1.807) is 5.56 Å². The molecule has 0 radical (unpaired) electrons. The molecule has 1 nitrogen and oxygen atoms in total. The van der Waals surface area contributed by atoms with Gasteiger partial charge in [0.2, 0.25) is 0 Å². The van der Waals surface area contributed by atoms with Gasteiger partial charge in [-0.1, -0.05) is 127 Å². The highest BCUT2D eigenvalue weighted by molar-refractivity contribution is 5.85. The Morgan fingerprint density at radius 3 is 1.77 bits per heavy atom. The van der Waals surface area contributed by atoms with Crippen LogP contribution in [0.1, 0.15) is 115 Å². The first-order valence-corrected chi connectivity index (χ1v) is 12.7. The average molecular weight is 406 g/mol. The normalized spacial score (nSPS) is 13.9. The Labute approximate surface area is 185 Å². The summed E-state index contributed by atoms with van der Waals surface area (Å²) in [5.41, 5.74) is 13.6. The van der Waals surface area contributed by atoms with Gasteiger partial charge >= 0.3 is 0 Å². The Balaban J connectivity index is 1.81. The molecule has 0 heterocycles. The van der Waals surface area contributed by atoms with Crippen molar-refractivity contribution in [3.05, 3.63) is 53.6 Å². The van der Waals surface area contributed by atoms with Crippen LogP contribution >= 0.6 is 0 Å². The lowest BCUT2D eigenvalue weighted by Crippen LogP contribution is -2.26. The van der Waals surface area contributed by atoms with Crippen molar-refractivity contribution in [2.24, 2.45) is 0 Å². The van der Waals surface area contributed by atoms with Crippen molar-refractivity contribution in [1.29, 1.82) is 0 Å². The first kappa shape index (κ1) is 22.9. The van der Waals surface area contributed by atoms with Gasteiger partial charge in [0.25, 0.3) is 0 Å². The van der Waals surface area contributed by atoms with E-state index in [2.05, 4.69) is 56.3 Å². The third-order valence-corrected chi connectivity index (χ3v) is 7.22. The van der Waals surface area contributed by atoms with E-state index in [1.807, 2.05) is 0 Å². The Hall–Kier alpha value is -1.76. The molecule has 2 N–H and O–H groups in total. The largest absolute Gasteiger partial charge is 0.398 e. The Bertz CT molecular complexity index is 760. The summed E-state index contributed by atoms with van der Waals surface area (Å²) in [6.45, 7) is 4.59. The number of fused-ring (bicyclic) bond motifs is 3. The summed E-state index contributed by atoms with van der Waals surface area (Å²) in [6, 6.07) is 15.7. The van der Waals surface area contributed by atoms with Gasteiger partial charge in [0, 0.05) is 11.1 Å². The van der Waals surface area contributed by atoms with E-state index in [0.717, 1.165) is 5.69 Å². The summed E-state index contributed by atoms with van der Waals surface area (Å²) in [6.07, 6.45) is 18.7. The first-order valence-electron chi connectivity index (χ1n) is 12.7. The minimum absolute atomic E-state index is 0.118. The van der Waals surface area contributed by atoms with Gasteiger partial charge < -0.3 is 5.73 Å². The van der Waals surface area contributed by atoms with Gasteiger partial charge in [0.1, 0.15) is 0 Å². The monoisotopic (exact) mass is 405 g/mol. The molecule has 0 atom stereocenters. The maximum atomic E-state index is 6.67. The van der Waals surface area contributed by atoms with Gasteiger partial charge in [-0.2, -0.15) is 0 Å². The summed E-state index contributed by atoms with van der Waals surface area (Å²) in [5, 5.41) is 0. The highest BCUT2D eigenvalue weighted by atomic mass is 14.6. The van der Waals surface area contributed by atoms with Crippen molar-refractivity contribution >= 4 is 5.69 Å². The van der Waals surface area contributed by atoms with E-state index in [9.17, 15) is 0 Å². The number of hydrogen-bond donors (Lipinski definition) is 1. The highest BCUT2D eigenvalue weighted by Gasteiger charge is 2.43. The van der Waals surface area contributed by atoms with E-state index in [1.165, 1.54) is 107 Å². The van der Waals surface area contributed by atoms with Crippen LogP contribution in [0.2, 0.25) is 0 Å². The fourth-order valence-corrected chi connectivity index (χ4v) is 5.66. The van der Waals surface area contributed by atoms with Crippen molar-refractivity contribution in [2.75, 3.05) is 5.73 Å². The van der Waals surface area contributed by atoms with Crippen molar-refractivity contribution in [3.63, 3.8) is 0 Å². The zero-order chi connectivity index (χ0) is 21.2. The van der Waals surface area contributed by atoms with Gasteiger partial charge in [0.05, 0.1) is 0 Å². The molecule has 164 valence electrons. The summed E-state index contributed by atoms with van der Waals surface area (Å²) in [5.74, 6) is 0. The van der Waals surface area contributed by atoms with Crippen LogP contribution in [-0.2, 0) is 5.41 Å².